The third-order valence-corrected chi connectivity index (χ3v) is 9.91. The molecule has 0 radical (unpaired) electrons. The Morgan fingerprint density at radius 3 is 2.05 bits per heavy atom. The number of imidazole rings is 1. The summed E-state index contributed by atoms with van der Waals surface area (Å²) in [5.41, 5.74) is 19.9. The fourth-order valence-electron chi connectivity index (χ4n) is 6.66. The number of rotatable bonds is 10. The molecule has 0 saturated heterocycles. The molecule has 0 bridgehead atoms. The number of benzene rings is 3. The molecule has 4 aromatic rings. The van der Waals surface area contributed by atoms with Crippen LogP contribution in [0.15, 0.2) is 60.7 Å². The summed E-state index contributed by atoms with van der Waals surface area (Å²) in [6.07, 6.45) is 8.33. The molecule has 2 fully saturated rings. The van der Waals surface area contributed by atoms with E-state index in [2.05, 4.69) is 15.6 Å². The lowest BCUT2D eigenvalue weighted by atomic mass is 9.90. The number of carbonyl (C=O) groups excluding carboxylic acids is 3. The number of aromatic amines is 1. The number of H-pyrrole nitrogens is 1. The normalized spacial score (nSPS) is 15.9. The van der Waals surface area contributed by atoms with Crippen LogP contribution in [0.2, 0.25) is 0 Å². The van der Waals surface area contributed by atoms with Crippen molar-refractivity contribution >= 4 is 34.9 Å². The standard InChI is InChI=1S/C27H22F5N5O3.C7H15N.C6H13N/c1-14-10-17(23(33)39)6-8-19(14)16-4-2-15(3-5-16)11-22(34-13-38)24(40)35-18-7-9-20-21(12-18)37-25(36-20)26(28,29)27(30,31)32;8-6-7-4-2-1-3-5-7;7-6-4-2-1-3-5-6/h2-10,12-13,22H,11H2,1H3,(H2,33,39)(H,34,38)(H,35,40)(H,36,37);7H,1-6,8H2;6H,1-5,7H2/t22-;;/m0../s1. The van der Waals surface area contributed by atoms with E-state index in [-0.39, 0.29) is 23.1 Å². The summed E-state index contributed by atoms with van der Waals surface area (Å²) >= 11 is 0. The molecule has 10 nitrogen and oxygen atoms in total. The number of hydrogen-bond donors (Lipinski definition) is 6. The quantitative estimate of drug-likeness (QED) is 0.0722. The highest BCUT2D eigenvalue weighted by Gasteiger charge is 2.61. The summed E-state index contributed by atoms with van der Waals surface area (Å²) in [6.45, 7) is 2.76. The Hall–Kier alpha value is -4.89. The van der Waals surface area contributed by atoms with E-state index in [1.54, 1.807) is 30.3 Å². The monoisotopic (exact) mass is 771 g/mol. The summed E-state index contributed by atoms with van der Waals surface area (Å²) in [7, 11) is 0. The highest BCUT2D eigenvalue weighted by Crippen LogP contribution is 2.43. The van der Waals surface area contributed by atoms with Crippen molar-refractivity contribution in [1.82, 2.24) is 15.3 Å². The number of amides is 3. The Kier molecular flexibility index (Phi) is 15.3. The zero-order chi connectivity index (χ0) is 40.2. The second-order valence-corrected chi connectivity index (χ2v) is 14.1. The second-order valence-electron chi connectivity index (χ2n) is 14.1. The number of fused-ring (bicyclic) bond motifs is 1. The number of primary amides is 1. The molecule has 2 saturated carbocycles. The van der Waals surface area contributed by atoms with Gasteiger partial charge in [0, 0.05) is 23.7 Å². The summed E-state index contributed by atoms with van der Waals surface area (Å²) in [5, 5.41) is 4.94. The molecule has 6 rings (SSSR count). The predicted octanol–water partition coefficient (Wildman–Crippen LogP) is 7.39. The van der Waals surface area contributed by atoms with E-state index in [9.17, 15) is 36.3 Å². The molecule has 9 N–H and O–H groups in total. The van der Waals surface area contributed by atoms with E-state index in [4.69, 9.17) is 17.2 Å². The van der Waals surface area contributed by atoms with Gasteiger partial charge in [-0.15, -0.1) is 0 Å². The number of carbonyl (C=O) groups is 3. The molecule has 0 aliphatic heterocycles. The number of anilines is 1. The van der Waals surface area contributed by atoms with Gasteiger partial charge in [0.2, 0.25) is 18.2 Å². The first-order valence-corrected chi connectivity index (χ1v) is 18.5. The van der Waals surface area contributed by atoms with E-state index < -0.39 is 35.8 Å². The van der Waals surface area contributed by atoms with Crippen LogP contribution in [-0.2, 0) is 21.9 Å². The van der Waals surface area contributed by atoms with Crippen LogP contribution < -0.4 is 27.8 Å². The molecule has 298 valence electrons. The number of nitrogens with one attached hydrogen (secondary N) is 3. The number of aryl methyl sites for hydroxylation is 1. The van der Waals surface area contributed by atoms with Gasteiger partial charge in [-0.3, -0.25) is 14.4 Å². The van der Waals surface area contributed by atoms with Crippen molar-refractivity contribution < 1.29 is 36.3 Å². The number of aromatic nitrogens is 2. The average Bonchev–Trinajstić information content (AvgIpc) is 3.60. The number of nitrogens with two attached hydrogens (primary N) is 3. The molecule has 55 heavy (non-hydrogen) atoms. The van der Waals surface area contributed by atoms with Gasteiger partial charge < -0.3 is 32.8 Å². The van der Waals surface area contributed by atoms with Crippen LogP contribution in [0.4, 0.5) is 27.6 Å². The van der Waals surface area contributed by atoms with Crippen LogP contribution in [0.25, 0.3) is 22.2 Å². The molecule has 2 aliphatic carbocycles. The zero-order valence-electron chi connectivity index (χ0n) is 30.9. The van der Waals surface area contributed by atoms with Gasteiger partial charge in [-0.25, -0.2) is 4.98 Å². The second kappa shape index (κ2) is 19.6. The van der Waals surface area contributed by atoms with E-state index >= 15 is 0 Å². The van der Waals surface area contributed by atoms with Gasteiger partial charge in [-0.2, -0.15) is 22.0 Å². The molecule has 2 aliphatic rings. The largest absolute Gasteiger partial charge is 0.461 e. The maximum Gasteiger partial charge on any atom is 0.461 e. The zero-order valence-corrected chi connectivity index (χ0v) is 30.9. The van der Waals surface area contributed by atoms with Crippen molar-refractivity contribution in [1.29, 1.82) is 0 Å². The predicted molar refractivity (Wildman–Crippen MR) is 203 cm³/mol. The Labute approximate surface area is 317 Å². The van der Waals surface area contributed by atoms with E-state index in [0.717, 1.165) is 35.2 Å². The van der Waals surface area contributed by atoms with Gasteiger partial charge in [0.1, 0.15) is 6.04 Å². The van der Waals surface area contributed by atoms with E-state index in [0.29, 0.717) is 23.6 Å². The Balaban J connectivity index is 0.000000369. The maximum absolute atomic E-state index is 13.6. The molecule has 0 spiro atoms. The van der Waals surface area contributed by atoms with Crippen molar-refractivity contribution in [3.8, 4) is 11.1 Å². The molecule has 1 aromatic heterocycles. The van der Waals surface area contributed by atoms with Crippen molar-refractivity contribution in [2.24, 2.45) is 23.1 Å². The van der Waals surface area contributed by atoms with Gasteiger partial charge >= 0.3 is 12.1 Å². The fourth-order valence-corrected chi connectivity index (χ4v) is 6.66. The summed E-state index contributed by atoms with van der Waals surface area (Å²) < 4.78 is 65.4. The molecule has 3 amide bonds. The smallest absolute Gasteiger partial charge is 0.366 e. The van der Waals surface area contributed by atoms with Crippen LogP contribution in [0.1, 0.15) is 91.5 Å². The molecule has 1 heterocycles. The highest BCUT2D eigenvalue weighted by molar-refractivity contribution is 5.97. The Morgan fingerprint density at radius 1 is 0.909 bits per heavy atom. The topological polar surface area (TPSA) is 182 Å². The molecule has 0 unspecified atom stereocenters. The third kappa shape index (κ3) is 12.0. The number of alkyl halides is 5. The average molecular weight is 772 g/mol. The van der Waals surface area contributed by atoms with Crippen LogP contribution in [-0.4, -0.2) is 53.0 Å². The lowest BCUT2D eigenvalue weighted by Crippen LogP contribution is -2.41. The minimum atomic E-state index is -5.84. The SMILES string of the molecule is Cc1cc(C(N)=O)ccc1-c1ccc(C[C@H](NC=O)C(=O)Nc2ccc3nc(C(F)(F)C(F)(F)F)[nH]c3c2)cc1.NC1CCCCC1.NCC1CCCCC1. The summed E-state index contributed by atoms with van der Waals surface area (Å²) in [4.78, 5) is 40.7. The highest BCUT2D eigenvalue weighted by atomic mass is 19.4. The van der Waals surface area contributed by atoms with Crippen molar-refractivity contribution in [3.05, 3.63) is 83.2 Å². The van der Waals surface area contributed by atoms with Crippen LogP contribution in [0.3, 0.4) is 0 Å². The van der Waals surface area contributed by atoms with Crippen molar-refractivity contribution in [2.75, 3.05) is 11.9 Å². The van der Waals surface area contributed by atoms with Crippen LogP contribution in [0, 0.1) is 12.8 Å². The Morgan fingerprint density at radius 2 is 1.55 bits per heavy atom. The van der Waals surface area contributed by atoms with Gasteiger partial charge in [0.25, 0.3) is 0 Å². The number of nitrogens with zero attached hydrogens (tertiary/aromatic N) is 1. The van der Waals surface area contributed by atoms with Gasteiger partial charge in [0.15, 0.2) is 5.82 Å². The minimum Gasteiger partial charge on any atom is -0.366 e. The summed E-state index contributed by atoms with van der Waals surface area (Å²) in [5.74, 6) is -7.07. The van der Waals surface area contributed by atoms with Gasteiger partial charge in [-0.1, -0.05) is 68.9 Å². The van der Waals surface area contributed by atoms with Crippen molar-refractivity contribution in [2.45, 2.75) is 102 Å². The third-order valence-electron chi connectivity index (χ3n) is 9.91. The number of hydrogen-bond acceptors (Lipinski definition) is 6. The maximum atomic E-state index is 13.6. The van der Waals surface area contributed by atoms with E-state index in [1.165, 1.54) is 76.3 Å². The molecule has 15 heteroatoms. The van der Waals surface area contributed by atoms with Crippen molar-refractivity contribution in [3.63, 3.8) is 0 Å². The van der Waals surface area contributed by atoms with E-state index in [1.807, 2.05) is 24.0 Å². The first kappa shape index (κ1) is 42.8. The first-order valence-electron chi connectivity index (χ1n) is 18.5. The number of halogens is 5. The lowest BCUT2D eigenvalue weighted by molar-refractivity contribution is -0.292. The molecule has 3 aromatic carbocycles. The van der Waals surface area contributed by atoms with Gasteiger partial charge in [0.05, 0.1) is 11.0 Å². The fraction of sp³-hybridized carbons (Fsp3) is 0.450. The molecule has 1 atom stereocenters. The first-order chi connectivity index (χ1) is 26.1. The molecular weight excluding hydrogens is 721 g/mol. The lowest BCUT2D eigenvalue weighted by Gasteiger charge is -2.18. The van der Waals surface area contributed by atoms with Gasteiger partial charge in [-0.05, 0) is 97.7 Å². The summed E-state index contributed by atoms with van der Waals surface area (Å²) in [6, 6.07) is 15.4. The van der Waals surface area contributed by atoms with Crippen LogP contribution in [0.5, 0.6) is 0 Å². The molecular formula is C40H50F5N7O3. The van der Waals surface area contributed by atoms with Crippen LogP contribution >= 0.6 is 0 Å². The Bertz CT molecular complexity index is 1870. The minimum absolute atomic E-state index is 0.0888.